The number of rotatable bonds is 1. The average molecular weight is 259 g/mol. The van der Waals surface area contributed by atoms with Crippen LogP contribution in [0.2, 0.25) is 0 Å². The fourth-order valence-electron chi connectivity index (χ4n) is 2.04. The van der Waals surface area contributed by atoms with Gasteiger partial charge in [0.15, 0.2) is 0 Å². The van der Waals surface area contributed by atoms with E-state index in [4.69, 9.17) is 5.73 Å². The maximum atomic E-state index is 13.1. The van der Waals surface area contributed by atoms with Crippen LogP contribution in [-0.2, 0) is 11.2 Å². The summed E-state index contributed by atoms with van der Waals surface area (Å²) in [6.07, 6.45) is 1.67. The molecule has 1 aliphatic rings. The Morgan fingerprint density at radius 2 is 2.24 bits per heavy atom. The van der Waals surface area contributed by atoms with Crippen molar-refractivity contribution in [3.8, 4) is 0 Å². The lowest BCUT2D eigenvalue weighted by Crippen LogP contribution is -2.44. The second-order valence-electron chi connectivity index (χ2n) is 4.16. The molecule has 3 nitrogen and oxygen atoms in total. The number of aryl methyl sites for hydroxylation is 1. The molecule has 5 heteroatoms. The predicted octanol–water partition coefficient (Wildman–Crippen LogP) is 1.87. The molecule has 0 saturated heterocycles. The molecule has 1 aromatic rings. The molecule has 0 aliphatic carbocycles. The topological polar surface area (TPSA) is 46.3 Å². The third-order valence-electron chi connectivity index (χ3n) is 2.82. The first-order chi connectivity index (χ1) is 7.59. The summed E-state index contributed by atoms with van der Waals surface area (Å²) in [4.78, 5) is 13.5. The zero-order chi connectivity index (χ0) is 11.7. The van der Waals surface area contributed by atoms with Crippen LogP contribution in [0.25, 0.3) is 0 Å². The lowest BCUT2D eigenvalue weighted by molar-refractivity contribution is -0.119. The highest BCUT2D eigenvalue weighted by Gasteiger charge is 2.24. The third kappa shape index (κ3) is 2.76. The Balaban J connectivity index is 0.00000144. The van der Waals surface area contributed by atoms with Crippen LogP contribution in [0.4, 0.5) is 10.1 Å². The number of nitrogens with zero attached hydrogens (tertiary/aromatic N) is 1. The fourth-order valence-corrected chi connectivity index (χ4v) is 2.04. The van der Waals surface area contributed by atoms with E-state index >= 15 is 0 Å². The molecule has 2 rings (SSSR count). The lowest BCUT2D eigenvalue weighted by Gasteiger charge is -2.30. The molecule has 0 saturated carbocycles. The van der Waals surface area contributed by atoms with E-state index < -0.39 is 6.04 Å². The van der Waals surface area contributed by atoms with Crippen LogP contribution >= 0.6 is 12.4 Å². The molecule has 94 valence electrons. The van der Waals surface area contributed by atoms with Gasteiger partial charge < -0.3 is 10.6 Å². The van der Waals surface area contributed by atoms with Crippen LogP contribution in [0.5, 0.6) is 0 Å². The van der Waals surface area contributed by atoms with Crippen molar-refractivity contribution < 1.29 is 9.18 Å². The van der Waals surface area contributed by atoms with Crippen molar-refractivity contribution in [3.05, 3.63) is 29.6 Å². The second kappa shape index (κ2) is 5.47. The van der Waals surface area contributed by atoms with Gasteiger partial charge >= 0.3 is 0 Å². The van der Waals surface area contributed by atoms with Crippen LogP contribution in [0.1, 0.15) is 18.9 Å². The Kier molecular flexibility index (Phi) is 4.48. The number of fused-ring (bicyclic) bond motifs is 1. The molecule has 1 heterocycles. The number of nitrogens with two attached hydrogens (primary N) is 1. The van der Waals surface area contributed by atoms with Gasteiger partial charge in [0.25, 0.3) is 0 Å². The number of hydrogen-bond acceptors (Lipinski definition) is 2. The van der Waals surface area contributed by atoms with Crippen LogP contribution in [0.15, 0.2) is 18.2 Å². The van der Waals surface area contributed by atoms with Crippen molar-refractivity contribution in [2.75, 3.05) is 11.4 Å². The first kappa shape index (κ1) is 13.9. The number of halogens is 2. The molecular formula is C12H16ClFN2O. The summed E-state index contributed by atoms with van der Waals surface area (Å²) in [5.41, 5.74) is 7.28. The molecular weight excluding hydrogens is 243 g/mol. The van der Waals surface area contributed by atoms with Gasteiger partial charge in [0.2, 0.25) is 5.91 Å². The molecule has 0 bridgehead atoms. The molecule has 1 atom stereocenters. The van der Waals surface area contributed by atoms with Crippen molar-refractivity contribution in [1.29, 1.82) is 0 Å². The maximum Gasteiger partial charge on any atom is 0.243 e. The van der Waals surface area contributed by atoms with Crippen LogP contribution in [0, 0.1) is 5.82 Å². The van der Waals surface area contributed by atoms with Crippen LogP contribution in [-0.4, -0.2) is 18.5 Å². The van der Waals surface area contributed by atoms with Gasteiger partial charge in [0, 0.05) is 12.2 Å². The van der Waals surface area contributed by atoms with Gasteiger partial charge in [0.1, 0.15) is 5.82 Å². The van der Waals surface area contributed by atoms with E-state index in [9.17, 15) is 9.18 Å². The predicted molar refractivity (Wildman–Crippen MR) is 68.0 cm³/mol. The van der Waals surface area contributed by atoms with E-state index in [2.05, 4.69) is 0 Å². The number of hydrogen-bond donors (Lipinski definition) is 1. The Bertz CT molecular complexity index is 423. The molecule has 0 aromatic heterocycles. The second-order valence-corrected chi connectivity index (χ2v) is 4.16. The number of benzene rings is 1. The van der Waals surface area contributed by atoms with E-state index in [0.717, 1.165) is 24.1 Å². The quantitative estimate of drug-likeness (QED) is 0.836. The van der Waals surface area contributed by atoms with Gasteiger partial charge in [0.05, 0.1) is 6.04 Å². The van der Waals surface area contributed by atoms with E-state index in [1.54, 1.807) is 17.9 Å². The van der Waals surface area contributed by atoms with Crippen molar-refractivity contribution in [1.82, 2.24) is 0 Å². The number of carbonyl (C=O) groups is 1. The Labute approximate surface area is 106 Å². The van der Waals surface area contributed by atoms with Crippen molar-refractivity contribution in [3.63, 3.8) is 0 Å². The molecule has 1 aliphatic heterocycles. The fraction of sp³-hybridized carbons (Fsp3) is 0.417. The Morgan fingerprint density at radius 3 is 2.88 bits per heavy atom. The van der Waals surface area contributed by atoms with Gasteiger partial charge in [-0.25, -0.2) is 4.39 Å². The van der Waals surface area contributed by atoms with Gasteiger partial charge in [-0.2, -0.15) is 0 Å². The highest BCUT2D eigenvalue weighted by Crippen LogP contribution is 2.27. The van der Waals surface area contributed by atoms with E-state index in [1.807, 2.05) is 0 Å². The van der Waals surface area contributed by atoms with Crippen molar-refractivity contribution in [2.24, 2.45) is 5.73 Å². The largest absolute Gasteiger partial charge is 0.320 e. The van der Waals surface area contributed by atoms with Gasteiger partial charge in [-0.15, -0.1) is 12.4 Å². The lowest BCUT2D eigenvalue weighted by atomic mass is 10.0. The molecule has 2 N–H and O–H groups in total. The van der Waals surface area contributed by atoms with E-state index in [-0.39, 0.29) is 24.1 Å². The summed E-state index contributed by atoms with van der Waals surface area (Å²) in [5, 5.41) is 0. The van der Waals surface area contributed by atoms with Crippen molar-refractivity contribution >= 4 is 24.0 Å². The normalized spacial score (nSPS) is 15.8. The van der Waals surface area contributed by atoms with Gasteiger partial charge in [-0.05, 0) is 43.5 Å². The number of amides is 1. The molecule has 17 heavy (non-hydrogen) atoms. The molecule has 0 unspecified atom stereocenters. The minimum absolute atomic E-state index is 0. The summed E-state index contributed by atoms with van der Waals surface area (Å²) in [6, 6.07) is 4.02. The summed E-state index contributed by atoms with van der Waals surface area (Å²) < 4.78 is 13.1. The molecule has 1 amide bonds. The highest BCUT2D eigenvalue weighted by atomic mass is 35.5. The monoisotopic (exact) mass is 258 g/mol. The van der Waals surface area contributed by atoms with Gasteiger partial charge in [-0.1, -0.05) is 0 Å². The molecule has 0 spiro atoms. The number of anilines is 1. The summed E-state index contributed by atoms with van der Waals surface area (Å²) in [7, 11) is 0. The SMILES string of the molecule is C[C@H](N)C(=O)N1CCCc2cc(F)ccc21.Cl. The minimum atomic E-state index is -0.518. The zero-order valence-electron chi connectivity index (χ0n) is 9.65. The Morgan fingerprint density at radius 1 is 1.53 bits per heavy atom. The number of carbonyl (C=O) groups excluding carboxylic acids is 1. The first-order valence-corrected chi connectivity index (χ1v) is 5.45. The average Bonchev–Trinajstić information content (AvgIpc) is 2.26. The first-order valence-electron chi connectivity index (χ1n) is 5.45. The smallest absolute Gasteiger partial charge is 0.243 e. The molecule has 1 aromatic carbocycles. The summed E-state index contributed by atoms with van der Waals surface area (Å²) >= 11 is 0. The van der Waals surface area contributed by atoms with Crippen molar-refractivity contribution in [2.45, 2.75) is 25.8 Å². The maximum absolute atomic E-state index is 13.1. The van der Waals surface area contributed by atoms with E-state index in [1.165, 1.54) is 12.1 Å². The molecule has 0 fully saturated rings. The van der Waals surface area contributed by atoms with Gasteiger partial charge in [-0.3, -0.25) is 4.79 Å². The third-order valence-corrected chi connectivity index (χ3v) is 2.82. The minimum Gasteiger partial charge on any atom is -0.320 e. The van der Waals surface area contributed by atoms with Crippen LogP contribution < -0.4 is 10.6 Å². The summed E-state index contributed by atoms with van der Waals surface area (Å²) in [5.74, 6) is -0.360. The molecule has 0 radical (unpaired) electrons. The summed E-state index contributed by atoms with van der Waals surface area (Å²) in [6.45, 7) is 2.33. The standard InChI is InChI=1S/C12H15FN2O.ClH/c1-8(14)12(16)15-6-2-3-9-7-10(13)4-5-11(9)15;/h4-5,7-8H,2-3,6,14H2,1H3;1H/t8-;/m0./s1. The Hall–Kier alpha value is -1.13. The zero-order valence-corrected chi connectivity index (χ0v) is 10.5. The van der Waals surface area contributed by atoms with E-state index in [0.29, 0.717) is 6.54 Å². The van der Waals surface area contributed by atoms with Crippen LogP contribution in [0.3, 0.4) is 0 Å². The highest BCUT2D eigenvalue weighted by molar-refractivity contribution is 5.97.